The van der Waals surface area contributed by atoms with Crippen molar-refractivity contribution >= 4 is 22.5 Å². The van der Waals surface area contributed by atoms with Crippen LogP contribution in [-0.4, -0.2) is 31.8 Å². The van der Waals surface area contributed by atoms with Gasteiger partial charge in [0.05, 0.1) is 19.0 Å². The molecular formula is C18H16N6O. The Kier molecular flexibility index (Phi) is 3.74. The maximum atomic E-state index is 5.17. The smallest absolute Gasteiger partial charge is 0.227 e. The predicted octanol–water partition coefficient (Wildman–Crippen LogP) is 3.18. The van der Waals surface area contributed by atoms with E-state index in [0.29, 0.717) is 5.95 Å². The van der Waals surface area contributed by atoms with Gasteiger partial charge in [0.1, 0.15) is 11.3 Å². The summed E-state index contributed by atoms with van der Waals surface area (Å²) in [5.41, 5.74) is 3.36. The molecule has 0 saturated heterocycles. The van der Waals surface area contributed by atoms with E-state index in [9.17, 15) is 0 Å². The van der Waals surface area contributed by atoms with Gasteiger partial charge in [0.2, 0.25) is 5.95 Å². The highest BCUT2D eigenvalue weighted by molar-refractivity contribution is 5.91. The lowest BCUT2D eigenvalue weighted by molar-refractivity contribution is 0.415. The normalized spacial score (nSPS) is 10.8. The molecule has 0 aliphatic heterocycles. The zero-order chi connectivity index (χ0) is 17.2. The van der Waals surface area contributed by atoms with Gasteiger partial charge < -0.3 is 10.1 Å². The molecule has 0 spiro atoms. The van der Waals surface area contributed by atoms with Crippen LogP contribution in [0.25, 0.3) is 22.2 Å². The fourth-order valence-corrected chi connectivity index (χ4v) is 2.57. The van der Waals surface area contributed by atoms with Gasteiger partial charge in [0.25, 0.3) is 0 Å². The summed E-state index contributed by atoms with van der Waals surface area (Å²) in [5.74, 6) is 1.31. The Morgan fingerprint density at radius 1 is 1.04 bits per heavy atom. The van der Waals surface area contributed by atoms with Crippen LogP contribution in [0.15, 0.2) is 55.1 Å². The van der Waals surface area contributed by atoms with Crippen molar-refractivity contribution in [3.8, 4) is 17.0 Å². The summed E-state index contributed by atoms with van der Waals surface area (Å²) >= 11 is 0. The van der Waals surface area contributed by atoms with E-state index >= 15 is 0 Å². The number of pyridine rings is 1. The molecule has 1 aromatic carbocycles. The van der Waals surface area contributed by atoms with Crippen LogP contribution in [0.1, 0.15) is 0 Å². The summed E-state index contributed by atoms with van der Waals surface area (Å²) in [7, 11) is 3.52. The molecule has 0 bridgehead atoms. The van der Waals surface area contributed by atoms with E-state index in [1.54, 1.807) is 30.4 Å². The molecule has 0 aliphatic carbocycles. The Bertz CT molecular complexity index is 1030. The Hall–Kier alpha value is -3.48. The zero-order valence-corrected chi connectivity index (χ0v) is 13.8. The number of methoxy groups -OCH3 is 1. The van der Waals surface area contributed by atoms with Gasteiger partial charge in [-0.15, -0.1) is 0 Å². The van der Waals surface area contributed by atoms with Crippen molar-refractivity contribution in [3.63, 3.8) is 0 Å². The number of nitrogens with zero attached hydrogens (tertiary/aromatic N) is 5. The number of aromatic nitrogens is 5. The quantitative estimate of drug-likeness (QED) is 0.618. The molecule has 0 saturated carbocycles. The minimum absolute atomic E-state index is 0.510. The molecule has 25 heavy (non-hydrogen) atoms. The second kappa shape index (κ2) is 6.20. The van der Waals surface area contributed by atoms with E-state index in [2.05, 4.69) is 25.4 Å². The average Bonchev–Trinajstić information content (AvgIpc) is 3.08. The van der Waals surface area contributed by atoms with Crippen LogP contribution in [0.2, 0.25) is 0 Å². The summed E-state index contributed by atoms with van der Waals surface area (Å²) in [6, 6.07) is 9.49. The topological polar surface area (TPSA) is 77.8 Å². The maximum Gasteiger partial charge on any atom is 0.227 e. The predicted molar refractivity (Wildman–Crippen MR) is 95.8 cm³/mol. The Labute approximate surface area is 144 Å². The molecule has 0 aliphatic rings. The van der Waals surface area contributed by atoms with Crippen molar-refractivity contribution in [3.05, 3.63) is 55.1 Å². The molecule has 0 radical (unpaired) electrons. The zero-order valence-electron chi connectivity index (χ0n) is 13.8. The van der Waals surface area contributed by atoms with E-state index in [-0.39, 0.29) is 0 Å². The number of fused-ring (bicyclic) bond motifs is 1. The fourth-order valence-electron chi connectivity index (χ4n) is 2.57. The van der Waals surface area contributed by atoms with Gasteiger partial charge in [-0.25, -0.2) is 9.97 Å². The van der Waals surface area contributed by atoms with Crippen LogP contribution < -0.4 is 10.1 Å². The monoisotopic (exact) mass is 332 g/mol. The van der Waals surface area contributed by atoms with Gasteiger partial charge in [0.15, 0.2) is 0 Å². The summed E-state index contributed by atoms with van der Waals surface area (Å²) in [5, 5.41) is 8.34. The molecule has 4 aromatic rings. The van der Waals surface area contributed by atoms with Crippen molar-refractivity contribution in [2.24, 2.45) is 7.05 Å². The number of aryl methyl sites for hydroxylation is 1. The van der Waals surface area contributed by atoms with E-state index in [4.69, 9.17) is 4.74 Å². The first kappa shape index (κ1) is 15.1. The SMILES string of the molecule is COc1ccc(Nc2ncc3ccnc(-c4cnn(C)c4)c3n2)cc1. The minimum atomic E-state index is 0.510. The lowest BCUT2D eigenvalue weighted by atomic mass is 10.1. The molecule has 0 atom stereocenters. The summed E-state index contributed by atoms with van der Waals surface area (Å²) in [4.78, 5) is 13.5. The molecule has 3 aromatic heterocycles. The van der Waals surface area contributed by atoms with Crippen molar-refractivity contribution in [1.29, 1.82) is 0 Å². The van der Waals surface area contributed by atoms with Gasteiger partial charge in [-0.1, -0.05) is 0 Å². The molecule has 1 N–H and O–H groups in total. The molecule has 0 unspecified atom stereocenters. The Morgan fingerprint density at radius 2 is 1.88 bits per heavy atom. The van der Waals surface area contributed by atoms with Crippen molar-refractivity contribution in [2.75, 3.05) is 12.4 Å². The minimum Gasteiger partial charge on any atom is -0.497 e. The molecule has 3 heterocycles. The number of hydrogen-bond donors (Lipinski definition) is 1. The maximum absolute atomic E-state index is 5.17. The number of nitrogens with one attached hydrogen (secondary N) is 1. The Morgan fingerprint density at radius 3 is 2.60 bits per heavy atom. The van der Waals surface area contributed by atoms with Crippen molar-refractivity contribution in [2.45, 2.75) is 0 Å². The third-order valence-electron chi connectivity index (χ3n) is 3.82. The van der Waals surface area contributed by atoms with Crippen LogP contribution in [0, 0.1) is 0 Å². The lowest BCUT2D eigenvalue weighted by Crippen LogP contribution is -1.98. The highest BCUT2D eigenvalue weighted by Crippen LogP contribution is 2.26. The highest BCUT2D eigenvalue weighted by atomic mass is 16.5. The van der Waals surface area contributed by atoms with Crippen molar-refractivity contribution < 1.29 is 4.74 Å². The van der Waals surface area contributed by atoms with Gasteiger partial charge in [-0.2, -0.15) is 5.10 Å². The van der Waals surface area contributed by atoms with Crippen molar-refractivity contribution in [1.82, 2.24) is 24.7 Å². The van der Waals surface area contributed by atoms with Crippen LogP contribution in [0.5, 0.6) is 5.75 Å². The second-order valence-electron chi connectivity index (χ2n) is 5.55. The first-order valence-corrected chi connectivity index (χ1v) is 7.75. The van der Waals surface area contributed by atoms with Crippen LogP contribution in [0.3, 0.4) is 0 Å². The molecule has 7 nitrogen and oxygen atoms in total. The van der Waals surface area contributed by atoms with Gasteiger partial charge in [-0.05, 0) is 30.3 Å². The van der Waals surface area contributed by atoms with Crippen LogP contribution in [0.4, 0.5) is 11.6 Å². The number of hydrogen-bond acceptors (Lipinski definition) is 6. The molecule has 7 heteroatoms. The molecular weight excluding hydrogens is 316 g/mol. The number of benzene rings is 1. The largest absolute Gasteiger partial charge is 0.497 e. The van der Waals surface area contributed by atoms with Crippen LogP contribution in [-0.2, 0) is 7.05 Å². The summed E-state index contributed by atoms with van der Waals surface area (Å²) in [6.07, 6.45) is 7.24. The third-order valence-corrected chi connectivity index (χ3v) is 3.82. The number of anilines is 2. The summed E-state index contributed by atoms with van der Waals surface area (Å²) < 4.78 is 6.91. The second-order valence-corrected chi connectivity index (χ2v) is 5.55. The first-order chi connectivity index (χ1) is 12.2. The Balaban J connectivity index is 1.73. The first-order valence-electron chi connectivity index (χ1n) is 7.75. The van der Waals surface area contributed by atoms with Gasteiger partial charge in [-0.3, -0.25) is 9.67 Å². The lowest BCUT2D eigenvalue weighted by Gasteiger charge is -2.08. The third kappa shape index (κ3) is 2.99. The number of ether oxygens (including phenoxy) is 1. The van der Waals surface area contributed by atoms with E-state index in [1.165, 1.54) is 0 Å². The summed E-state index contributed by atoms with van der Waals surface area (Å²) in [6.45, 7) is 0. The van der Waals surface area contributed by atoms with E-state index in [1.807, 2.05) is 43.6 Å². The fraction of sp³-hybridized carbons (Fsp3) is 0.111. The van der Waals surface area contributed by atoms with Gasteiger partial charge >= 0.3 is 0 Å². The number of rotatable bonds is 4. The molecule has 4 rings (SSSR count). The molecule has 0 fully saturated rings. The van der Waals surface area contributed by atoms with E-state index in [0.717, 1.165) is 33.6 Å². The average molecular weight is 332 g/mol. The molecule has 0 amide bonds. The van der Waals surface area contributed by atoms with E-state index < -0.39 is 0 Å². The van der Waals surface area contributed by atoms with Gasteiger partial charge in [0, 0.05) is 42.3 Å². The standard InChI is InChI=1S/C18H16N6O/c1-24-11-13(10-21-24)16-17-12(7-8-19-16)9-20-18(23-17)22-14-3-5-15(25-2)6-4-14/h3-11H,1-2H3,(H,20,22,23). The van der Waals surface area contributed by atoms with Crippen LogP contribution >= 0.6 is 0 Å². The molecule has 124 valence electrons. The highest BCUT2D eigenvalue weighted by Gasteiger charge is 2.10.